The largest absolute Gasteiger partial charge is 0.465 e. The lowest BCUT2D eigenvalue weighted by molar-refractivity contribution is -0.140. The average Bonchev–Trinajstić information content (AvgIpc) is 2.37. The molecule has 0 bridgehead atoms. The van der Waals surface area contributed by atoms with Crippen molar-refractivity contribution in [3.05, 3.63) is 33.8 Å². The van der Waals surface area contributed by atoms with E-state index in [9.17, 15) is 4.79 Å². The Morgan fingerprint density at radius 3 is 2.62 bits per heavy atom. The normalized spacial score (nSPS) is 17.9. The standard InChI is InChI=1S/C16H21Cl2NO2/c1-11(19-8-9-21-12(2)20)16(6-3-7-16)13-4-5-14(17)15(18)10-13/h4-5,10-11,19H,3,6-9H2,1-2H3. The van der Waals surface area contributed by atoms with Crippen LogP contribution < -0.4 is 5.32 Å². The van der Waals surface area contributed by atoms with Gasteiger partial charge in [0.05, 0.1) is 10.0 Å². The molecule has 1 unspecified atom stereocenters. The molecule has 1 aliphatic rings. The summed E-state index contributed by atoms with van der Waals surface area (Å²) in [5.41, 5.74) is 1.33. The molecule has 1 fully saturated rings. The van der Waals surface area contributed by atoms with Crippen LogP contribution in [0.5, 0.6) is 0 Å². The quantitative estimate of drug-likeness (QED) is 0.634. The first-order valence-corrected chi connectivity index (χ1v) is 8.03. The summed E-state index contributed by atoms with van der Waals surface area (Å²) in [4.78, 5) is 10.8. The predicted octanol–water partition coefficient (Wildman–Crippen LogP) is 3.96. The smallest absolute Gasteiger partial charge is 0.302 e. The van der Waals surface area contributed by atoms with Crippen molar-refractivity contribution < 1.29 is 9.53 Å². The number of carbonyl (C=O) groups is 1. The topological polar surface area (TPSA) is 38.3 Å². The third-order valence-electron chi connectivity index (χ3n) is 4.43. The van der Waals surface area contributed by atoms with Gasteiger partial charge < -0.3 is 10.1 Å². The summed E-state index contributed by atoms with van der Waals surface area (Å²) in [5, 5.41) is 4.65. The first kappa shape index (κ1) is 16.6. The molecule has 0 saturated heterocycles. The van der Waals surface area contributed by atoms with Gasteiger partial charge in [0.25, 0.3) is 0 Å². The van der Waals surface area contributed by atoms with E-state index in [0.717, 1.165) is 12.8 Å². The SMILES string of the molecule is CC(=O)OCCNC(C)C1(c2ccc(Cl)c(Cl)c2)CCC1. The number of hydrogen-bond acceptors (Lipinski definition) is 3. The fourth-order valence-electron chi connectivity index (χ4n) is 3.00. The molecule has 0 amide bonds. The molecule has 116 valence electrons. The highest BCUT2D eigenvalue weighted by Gasteiger charge is 2.43. The molecule has 1 aromatic rings. The van der Waals surface area contributed by atoms with Crippen LogP contribution >= 0.6 is 23.2 Å². The van der Waals surface area contributed by atoms with E-state index in [4.69, 9.17) is 27.9 Å². The molecule has 0 heterocycles. The Hall–Kier alpha value is -0.770. The highest BCUT2D eigenvalue weighted by molar-refractivity contribution is 6.42. The van der Waals surface area contributed by atoms with Gasteiger partial charge in [-0.3, -0.25) is 4.79 Å². The highest BCUT2D eigenvalue weighted by atomic mass is 35.5. The second kappa shape index (κ2) is 6.99. The van der Waals surface area contributed by atoms with Crippen molar-refractivity contribution in [3.8, 4) is 0 Å². The van der Waals surface area contributed by atoms with E-state index in [0.29, 0.717) is 29.2 Å². The molecular formula is C16H21Cl2NO2. The molecule has 0 radical (unpaired) electrons. The van der Waals surface area contributed by atoms with Gasteiger partial charge in [0.2, 0.25) is 0 Å². The maximum Gasteiger partial charge on any atom is 0.302 e. The molecule has 5 heteroatoms. The molecular weight excluding hydrogens is 309 g/mol. The number of halogens is 2. The first-order valence-electron chi connectivity index (χ1n) is 7.28. The Kier molecular flexibility index (Phi) is 5.53. The predicted molar refractivity (Wildman–Crippen MR) is 86.1 cm³/mol. The van der Waals surface area contributed by atoms with Crippen LogP contribution in [0.3, 0.4) is 0 Å². The fraction of sp³-hybridized carbons (Fsp3) is 0.562. The Bertz CT molecular complexity index is 515. The van der Waals surface area contributed by atoms with E-state index >= 15 is 0 Å². The van der Waals surface area contributed by atoms with Crippen molar-refractivity contribution in [2.75, 3.05) is 13.2 Å². The average molecular weight is 330 g/mol. The molecule has 3 nitrogen and oxygen atoms in total. The Morgan fingerprint density at radius 1 is 1.38 bits per heavy atom. The Balaban J connectivity index is 2.02. The van der Waals surface area contributed by atoms with E-state index in [1.165, 1.54) is 18.9 Å². The van der Waals surface area contributed by atoms with Gasteiger partial charge in [-0.1, -0.05) is 35.7 Å². The summed E-state index contributed by atoms with van der Waals surface area (Å²) in [6, 6.07) is 6.20. The zero-order valence-electron chi connectivity index (χ0n) is 12.4. The zero-order chi connectivity index (χ0) is 15.5. The summed E-state index contributed by atoms with van der Waals surface area (Å²) in [6.45, 7) is 4.66. The molecule has 1 saturated carbocycles. The third kappa shape index (κ3) is 3.71. The van der Waals surface area contributed by atoms with Crippen LogP contribution in [0.25, 0.3) is 0 Å². The number of nitrogens with one attached hydrogen (secondary N) is 1. The van der Waals surface area contributed by atoms with Crippen molar-refractivity contribution in [2.45, 2.75) is 44.6 Å². The molecule has 21 heavy (non-hydrogen) atoms. The maximum atomic E-state index is 10.8. The second-order valence-corrected chi connectivity index (χ2v) is 6.47. The summed E-state index contributed by atoms with van der Waals surface area (Å²) in [5.74, 6) is -0.243. The number of rotatable bonds is 6. The van der Waals surface area contributed by atoms with E-state index in [-0.39, 0.29) is 11.4 Å². The number of esters is 1. The Morgan fingerprint density at radius 2 is 2.10 bits per heavy atom. The summed E-state index contributed by atoms with van der Waals surface area (Å²) < 4.78 is 4.96. The number of carbonyl (C=O) groups excluding carboxylic acids is 1. The Labute approximate surface area is 136 Å². The van der Waals surface area contributed by atoms with Crippen molar-refractivity contribution in [1.29, 1.82) is 0 Å². The molecule has 1 aromatic carbocycles. The maximum absolute atomic E-state index is 10.8. The van der Waals surface area contributed by atoms with Gasteiger partial charge in [0.15, 0.2) is 0 Å². The molecule has 2 rings (SSSR count). The monoisotopic (exact) mass is 329 g/mol. The molecule has 0 spiro atoms. The lowest BCUT2D eigenvalue weighted by Crippen LogP contribution is -2.51. The van der Waals surface area contributed by atoms with Crippen LogP contribution in [0.4, 0.5) is 0 Å². The van der Waals surface area contributed by atoms with Crippen molar-refractivity contribution in [3.63, 3.8) is 0 Å². The van der Waals surface area contributed by atoms with Crippen LogP contribution in [-0.4, -0.2) is 25.2 Å². The molecule has 0 aromatic heterocycles. The lowest BCUT2D eigenvalue weighted by atomic mass is 9.60. The van der Waals surface area contributed by atoms with Crippen molar-refractivity contribution in [2.24, 2.45) is 0 Å². The van der Waals surface area contributed by atoms with Gasteiger partial charge in [-0.2, -0.15) is 0 Å². The number of benzene rings is 1. The van der Waals surface area contributed by atoms with Gasteiger partial charge in [-0.25, -0.2) is 0 Å². The molecule has 0 aliphatic heterocycles. The summed E-state index contributed by atoms with van der Waals surface area (Å²) in [6.07, 6.45) is 3.48. The molecule has 1 aliphatic carbocycles. The van der Waals surface area contributed by atoms with Crippen LogP contribution in [0.2, 0.25) is 10.0 Å². The van der Waals surface area contributed by atoms with Crippen LogP contribution in [0, 0.1) is 0 Å². The van der Waals surface area contributed by atoms with Crippen molar-refractivity contribution >= 4 is 29.2 Å². The highest BCUT2D eigenvalue weighted by Crippen LogP contribution is 2.47. The summed E-state index contributed by atoms with van der Waals surface area (Å²) in [7, 11) is 0. The molecule has 1 atom stereocenters. The lowest BCUT2D eigenvalue weighted by Gasteiger charge is -2.47. The minimum atomic E-state index is -0.243. The molecule has 1 N–H and O–H groups in total. The van der Waals surface area contributed by atoms with E-state index in [1.807, 2.05) is 12.1 Å². The van der Waals surface area contributed by atoms with Gasteiger partial charge >= 0.3 is 5.97 Å². The first-order chi connectivity index (χ1) is 9.95. The van der Waals surface area contributed by atoms with Crippen LogP contribution in [-0.2, 0) is 14.9 Å². The van der Waals surface area contributed by atoms with E-state index in [2.05, 4.69) is 18.3 Å². The fourth-order valence-corrected chi connectivity index (χ4v) is 3.30. The van der Waals surface area contributed by atoms with E-state index in [1.54, 1.807) is 0 Å². The van der Waals surface area contributed by atoms with E-state index < -0.39 is 0 Å². The number of hydrogen-bond donors (Lipinski definition) is 1. The van der Waals surface area contributed by atoms with Crippen molar-refractivity contribution in [1.82, 2.24) is 5.32 Å². The number of ether oxygens (including phenoxy) is 1. The van der Waals surface area contributed by atoms with Gasteiger partial charge in [-0.15, -0.1) is 0 Å². The van der Waals surface area contributed by atoms with Gasteiger partial charge in [0, 0.05) is 24.9 Å². The summed E-state index contributed by atoms with van der Waals surface area (Å²) >= 11 is 12.2. The zero-order valence-corrected chi connectivity index (χ0v) is 13.9. The third-order valence-corrected chi connectivity index (χ3v) is 5.17. The van der Waals surface area contributed by atoms with Crippen LogP contribution in [0.15, 0.2) is 18.2 Å². The second-order valence-electron chi connectivity index (χ2n) is 5.65. The minimum absolute atomic E-state index is 0.102. The van der Waals surface area contributed by atoms with Gasteiger partial charge in [0.1, 0.15) is 6.61 Å². The van der Waals surface area contributed by atoms with Crippen LogP contribution in [0.1, 0.15) is 38.7 Å². The minimum Gasteiger partial charge on any atom is -0.465 e. The van der Waals surface area contributed by atoms with Gasteiger partial charge in [-0.05, 0) is 37.5 Å².